The van der Waals surface area contributed by atoms with E-state index in [0.29, 0.717) is 24.0 Å². The van der Waals surface area contributed by atoms with E-state index in [2.05, 4.69) is 32.7 Å². The monoisotopic (exact) mass is 373 g/mol. The Bertz CT molecular complexity index is 557. The molecule has 0 aliphatic rings. The van der Waals surface area contributed by atoms with Crippen LogP contribution in [0, 0.1) is 3.57 Å². The molecule has 0 fully saturated rings. The summed E-state index contributed by atoms with van der Waals surface area (Å²) in [7, 11) is 0. The SMILES string of the molecule is CCOC(CC)c1noc(-c2cc(I)ccc2N)n1. The van der Waals surface area contributed by atoms with E-state index in [0.717, 1.165) is 15.6 Å². The van der Waals surface area contributed by atoms with Gasteiger partial charge in [0.1, 0.15) is 6.10 Å². The second-order valence-electron chi connectivity index (χ2n) is 4.04. The van der Waals surface area contributed by atoms with E-state index < -0.39 is 0 Å². The van der Waals surface area contributed by atoms with Crippen molar-refractivity contribution in [3.63, 3.8) is 0 Å². The molecule has 2 N–H and O–H groups in total. The van der Waals surface area contributed by atoms with Gasteiger partial charge in [-0.05, 0) is 54.1 Å². The molecule has 0 saturated carbocycles. The minimum Gasteiger partial charge on any atom is -0.398 e. The maximum absolute atomic E-state index is 5.94. The summed E-state index contributed by atoms with van der Waals surface area (Å²) in [5, 5.41) is 3.98. The average Bonchev–Trinajstić information content (AvgIpc) is 2.88. The molecule has 1 aromatic carbocycles. The molecular weight excluding hydrogens is 357 g/mol. The van der Waals surface area contributed by atoms with Crippen molar-refractivity contribution in [2.45, 2.75) is 26.4 Å². The number of nitrogen functional groups attached to an aromatic ring is 1. The number of aromatic nitrogens is 2. The lowest BCUT2D eigenvalue weighted by molar-refractivity contribution is 0.0518. The topological polar surface area (TPSA) is 74.2 Å². The summed E-state index contributed by atoms with van der Waals surface area (Å²) in [5.41, 5.74) is 7.32. The summed E-state index contributed by atoms with van der Waals surface area (Å²) in [6.07, 6.45) is 0.667. The summed E-state index contributed by atoms with van der Waals surface area (Å²) in [6, 6.07) is 5.70. The van der Waals surface area contributed by atoms with Gasteiger partial charge in [-0.1, -0.05) is 12.1 Å². The largest absolute Gasteiger partial charge is 0.398 e. The number of nitrogens with two attached hydrogens (primary N) is 1. The van der Waals surface area contributed by atoms with Crippen LogP contribution >= 0.6 is 22.6 Å². The zero-order chi connectivity index (χ0) is 13.8. The van der Waals surface area contributed by atoms with Gasteiger partial charge in [-0.2, -0.15) is 4.98 Å². The van der Waals surface area contributed by atoms with Gasteiger partial charge >= 0.3 is 0 Å². The Morgan fingerprint density at radius 2 is 2.21 bits per heavy atom. The van der Waals surface area contributed by atoms with Crippen molar-refractivity contribution in [2.24, 2.45) is 0 Å². The van der Waals surface area contributed by atoms with Crippen LogP contribution in [0.15, 0.2) is 22.7 Å². The third-order valence-electron chi connectivity index (χ3n) is 2.71. The van der Waals surface area contributed by atoms with Crippen molar-refractivity contribution < 1.29 is 9.26 Å². The van der Waals surface area contributed by atoms with E-state index in [-0.39, 0.29) is 6.10 Å². The zero-order valence-electron chi connectivity index (χ0n) is 10.9. The van der Waals surface area contributed by atoms with Gasteiger partial charge in [0.15, 0.2) is 0 Å². The van der Waals surface area contributed by atoms with Gasteiger partial charge in [-0.25, -0.2) is 0 Å². The number of hydrogen-bond donors (Lipinski definition) is 1. The molecule has 1 aromatic heterocycles. The average molecular weight is 373 g/mol. The van der Waals surface area contributed by atoms with E-state index in [4.69, 9.17) is 15.0 Å². The normalized spacial score (nSPS) is 12.6. The first-order chi connectivity index (χ1) is 9.15. The summed E-state index contributed by atoms with van der Waals surface area (Å²) >= 11 is 2.22. The molecule has 1 heterocycles. The lowest BCUT2D eigenvalue weighted by atomic mass is 10.2. The highest BCUT2D eigenvalue weighted by atomic mass is 127. The molecule has 0 spiro atoms. The molecule has 102 valence electrons. The van der Waals surface area contributed by atoms with Crippen molar-refractivity contribution in [3.05, 3.63) is 27.6 Å². The summed E-state index contributed by atoms with van der Waals surface area (Å²) < 4.78 is 11.9. The molecule has 0 bridgehead atoms. The quantitative estimate of drug-likeness (QED) is 0.642. The Hall–Kier alpha value is -1.15. The smallest absolute Gasteiger partial charge is 0.260 e. The molecule has 0 aliphatic carbocycles. The van der Waals surface area contributed by atoms with Gasteiger partial charge in [0.05, 0.1) is 5.56 Å². The Kier molecular flexibility index (Phi) is 4.76. The van der Waals surface area contributed by atoms with Crippen LogP contribution in [-0.2, 0) is 4.74 Å². The first kappa shape index (κ1) is 14.3. The van der Waals surface area contributed by atoms with Gasteiger partial charge < -0.3 is 15.0 Å². The number of rotatable bonds is 5. The molecule has 0 saturated heterocycles. The first-order valence-corrected chi connectivity index (χ1v) is 7.24. The summed E-state index contributed by atoms with van der Waals surface area (Å²) in [5.74, 6) is 1.00. The molecule has 2 rings (SSSR count). The van der Waals surface area contributed by atoms with Gasteiger partial charge in [-0.3, -0.25) is 0 Å². The van der Waals surface area contributed by atoms with Crippen molar-refractivity contribution in [3.8, 4) is 11.5 Å². The van der Waals surface area contributed by atoms with E-state index in [1.54, 1.807) is 0 Å². The molecule has 19 heavy (non-hydrogen) atoms. The van der Waals surface area contributed by atoms with E-state index in [1.807, 2.05) is 32.0 Å². The molecular formula is C13H16IN3O2. The van der Waals surface area contributed by atoms with Crippen LogP contribution in [0.1, 0.15) is 32.2 Å². The van der Waals surface area contributed by atoms with Crippen molar-refractivity contribution in [1.82, 2.24) is 10.1 Å². The lowest BCUT2D eigenvalue weighted by Crippen LogP contribution is -2.04. The van der Waals surface area contributed by atoms with Crippen molar-refractivity contribution in [1.29, 1.82) is 0 Å². The fourth-order valence-electron chi connectivity index (χ4n) is 1.76. The van der Waals surface area contributed by atoms with Gasteiger partial charge in [0, 0.05) is 15.9 Å². The second kappa shape index (κ2) is 6.33. The predicted octanol–water partition coefficient (Wildman–Crippen LogP) is 3.41. The molecule has 2 aromatic rings. The number of anilines is 1. The maximum atomic E-state index is 5.94. The predicted molar refractivity (Wildman–Crippen MR) is 81.5 cm³/mol. The lowest BCUT2D eigenvalue weighted by Gasteiger charge is -2.09. The van der Waals surface area contributed by atoms with Crippen LogP contribution in [0.4, 0.5) is 5.69 Å². The minimum absolute atomic E-state index is 0.133. The zero-order valence-corrected chi connectivity index (χ0v) is 13.0. The minimum atomic E-state index is -0.133. The fraction of sp³-hybridized carbons (Fsp3) is 0.385. The molecule has 6 heteroatoms. The van der Waals surface area contributed by atoms with Gasteiger partial charge in [-0.15, -0.1) is 0 Å². The second-order valence-corrected chi connectivity index (χ2v) is 5.29. The number of hydrogen-bond acceptors (Lipinski definition) is 5. The van der Waals surface area contributed by atoms with E-state index in [9.17, 15) is 0 Å². The molecule has 0 radical (unpaired) electrons. The number of benzene rings is 1. The Morgan fingerprint density at radius 1 is 1.42 bits per heavy atom. The Morgan fingerprint density at radius 3 is 2.89 bits per heavy atom. The molecule has 5 nitrogen and oxygen atoms in total. The number of ether oxygens (including phenoxy) is 1. The molecule has 0 aliphatic heterocycles. The molecule has 0 amide bonds. The maximum Gasteiger partial charge on any atom is 0.260 e. The van der Waals surface area contributed by atoms with E-state index >= 15 is 0 Å². The summed E-state index contributed by atoms with van der Waals surface area (Å²) in [4.78, 5) is 4.39. The molecule has 1 atom stereocenters. The van der Waals surface area contributed by atoms with Crippen molar-refractivity contribution in [2.75, 3.05) is 12.3 Å². The fourth-order valence-corrected chi connectivity index (χ4v) is 2.26. The van der Waals surface area contributed by atoms with Gasteiger partial charge in [0.2, 0.25) is 5.82 Å². The van der Waals surface area contributed by atoms with Gasteiger partial charge in [0.25, 0.3) is 5.89 Å². The summed E-state index contributed by atoms with van der Waals surface area (Å²) in [6.45, 7) is 4.59. The van der Waals surface area contributed by atoms with Crippen molar-refractivity contribution >= 4 is 28.3 Å². The van der Waals surface area contributed by atoms with Crippen LogP contribution in [0.3, 0.4) is 0 Å². The third kappa shape index (κ3) is 3.24. The standard InChI is InChI=1S/C13H16IN3O2/c1-3-11(18-4-2)12-16-13(19-17-12)9-7-8(14)5-6-10(9)15/h5-7,11H,3-4,15H2,1-2H3. The van der Waals surface area contributed by atoms with Crippen LogP contribution < -0.4 is 5.73 Å². The highest BCUT2D eigenvalue weighted by molar-refractivity contribution is 14.1. The number of nitrogens with zero attached hydrogens (tertiary/aromatic N) is 2. The van der Waals surface area contributed by atoms with Crippen LogP contribution in [0.2, 0.25) is 0 Å². The van der Waals surface area contributed by atoms with E-state index in [1.165, 1.54) is 0 Å². The van der Waals surface area contributed by atoms with Crippen LogP contribution in [-0.4, -0.2) is 16.7 Å². The third-order valence-corrected chi connectivity index (χ3v) is 3.39. The highest BCUT2D eigenvalue weighted by Crippen LogP contribution is 2.28. The molecule has 1 unspecified atom stereocenters. The highest BCUT2D eigenvalue weighted by Gasteiger charge is 2.18. The van der Waals surface area contributed by atoms with Crippen LogP contribution in [0.5, 0.6) is 0 Å². The first-order valence-electron chi connectivity index (χ1n) is 6.16. The Labute approximate surface area is 125 Å². The van der Waals surface area contributed by atoms with Crippen LogP contribution in [0.25, 0.3) is 11.5 Å². The Balaban J connectivity index is 2.32. The number of halogens is 1.